The predicted octanol–water partition coefficient (Wildman–Crippen LogP) is 1.82. The van der Waals surface area contributed by atoms with Crippen LogP contribution in [0.3, 0.4) is 0 Å². The van der Waals surface area contributed by atoms with E-state index < -0.39 is 17.8 Å². The number of carbonyl (C=O) groups is 2. The first kappa shape index (κ1) is 14.7. The van der Waals surface area contributed by atoms with E-state index in [2.05, 4.69) is 4.99 Å². The molecule has 0 bridgehead atoms. The minimum absolute atomic E-state index is 0.268. The zero-order valence-corrected chi connectivity index (χ0v) is 11.5. The van der Waals surface area contributed by atoms with Crippen LogP contribution in [-0.2, 0) is 4.79 Å². The molecule has 1 unspecified atom stereocenters. The smallest absolute Gasteiger partial charge is 0.277 e. The van der Waals surface area contributed by atoms with E-state index in [1.165, 1.54) is 0 Å². The molecule has 4 heteroatoms. The number of carboxylic acids is 1. The summed E-state index contributed by atoms with van der Waals surface area (Å²) >= 11 is 0. The van der Waals surface area contributed by atoms with E-state index in [-0.39, 0.29) is 5.71 Å². The molecule has 0 aliphatic rings. The normalized spacial score (nSPS) is 12.7. The van der Waals surface area contributed by atoms with Crippen molar-refractivity contribution in [1.82, 2.24) is 0 Å². The van der Waals surface area contributed by atoms with Crippen molar-refractivity contribution in [2.45, 2.75) is 12.8 Å². The predicted molar refractivity (Wildman–Crippen MR) is 78.1 cm³/mol. The van der Waals surface area contributed by atoms with E-state index in [1.54, 1.807) is 61.5 Å². The van der Waals surface area contributed by atoms with Crippen LogP contribution in [-0.4, -0.2) is 17.6 Å². The standard InChI is InChI=1S/C17H15NO3/c1-12(13-8-4-2-5-9-13)15(17(20)21)18-16(19)14-10-6-3-7-11-14/h2-12H,1H3,(H,20,21)/p-1. The first-order valence-corrected chi connectivity index (χ1v) is 6.54. The van der Waals surface area contributed by atoms with Gasteiger partial charge in [-0.2, -0.15) is 0 Å². The molecule has 0 saturated carbocycles. The van der Waals surface area contributed by atoms with Crippen LogP contribution in [0.4, 0.5) is 0 Å². The molecule has 0 N–H and O–H groups in total. The average Bonchev–Trinajstić information content (AvgIpc) is 2.53. The van der Waals surface area contributed by atoms with Crippen molar-refractivity contribution in [1.29, 1.82) is 0 Å². The van der Waals surface area contributed by atoms with Gasteiger partial charge in [-0.05, 0) is 17.7 Å². The molecular weight excluding hydrogens is 266 g/mol. The second-order valence-corrected chi connectivity index (χ2v) is 4.59. The lowest BCUT2D eigenvalue weighted by Gasteiger charge is -2.15. The first-order chi connectivity index (χ1) is 10.1. The van der Waals surface area contributed by atoms with E-state index in [4.69, 9.17) is 0 Å². The lowest BCUT2D eigenvalue weighted by molar-refractivity contribution is -0.294. The highest BCUT2D eigenvalue weighted by molar-refractivity contribution is 6.39. The van der Waals surface area contributed by atoms with Crippen LogP contribution in [0.1, 0.15) is 28.8 Å². The summed E-state index contributed by atoms with van der Waals surface area (Å²) in [5, 5.41) is 11.3. The molecule has 0 aliphatic carbocycles. The summed E-state index contributed by atoms with van der Waals surface area (Å²) in [5.41, 5.74) is 0.841. The molecule has 0 radical (unpaired) electrons. The van der Waals surface area contributed by atoms with E-state index >= 15 is 0 Å². The van der Waals surface area contributed by atoms with Crippen molar-refractivity contribution < 1.29 is 14.7 Å². The van der Waals surface area contributed by atoms with Crippen molar-refractivity contribution in [2.75, 3.05) is 0 Å². The van der Waals surface area contributed by atoms with Crippen LogP contribution in [0.2, 0.25) is 0 Å². The zero-order valence-electron chi connectivity index (χ0n) is 11.5. The van der Waals surface area contributed by atoms with Gasteiger partial charge in [0.2, 0.25) is 0 Å². The molecule has 0 fully saturated rings. The molecule has 1 amide bonds. The van der Waals surface area contributed by atoms with Crippen molar-refractivity contribution in [3.8, 4) is 0 Å². The minimum Gasteiger partial charge on any atom is -0.543 e. The summed E-state index contributed by atoms with van der Waals surface area (Å²) in [6.07, 6.45) is 0. The third kappa shape index (κ3) is 3.63. The van der Waals surface area contributed by atoms with Gasteiger partial charge in [0.1, 0.15) is 0 Å². The van der Waals surface area contributed by atoms with Gasteiger partial charge >= 0.3 is 0 Å². The number of aliphatic carboxylic acids is 1. The van der Waals surface area contributed by atoms with Gasteiger partial charge in [0.25, 0.3) is 5.91 Å². The van der Waals surface area contributed by atoms with E-state index in [0.29, 0.717) is 5.56 Å². The van der Waals surface area contributed by atoms with Gasteiger partial charge in [0.05, 0.1) is 11.7 Å². The molecule has 21 heavy (non-hydrogen) atoms. The summed E-state index contributed by atoms with van der Waals surface area (Å²) in [6.45, 7) is 1.68. The highest BCUT2D eigenvalue weighted by Gasteiger charge is 2.16. The van der Waals surface area contributed by atoms with Crippen LogP contribution in [0.15, 0.2) is 65.7 Å². The number of amides is 1. The van der Waals surface area contributed by atoms with Gasteiger partial charge in [-0.3, -0.25) is 4.79 Å². The summed E-state index contributed by atoms with van der Waals surface area (Å²) in [7, 11) is 0. The summed E-state index contributed by atoms with van der Waals surface area (Å²) < 4.78 is 0. The lowest BCUT2D eigenvalue weighted by atomic mass is 9.96. The number of hydrogen-bond donors (Lipinski definition) is 0. The molecular formula is C17H14NO3-. The Hall–Kier alpha value is -2.75. The Morgan fingerprint density at radius 2 is 1.48 bits per heavy atom. The van der Waals surface area contributed by atoms with Gasteiger partial charge in [-0.25, -0.2) is 4.99 Å². The zero-order chi connectivity index (χ0) is 15.2. The van der Waals surface area contributed by atoms with Gasteiger partial charge in [-0.15, -0.1) is 0 Å². The number of carbonyl (C=O) groups excluding carboxylic acids is 2. The third-order valence-corrected chi connectivity index (χ3v) is 3.16. The number of aliphatic imine (C=N–C) groups is 1. The van der Waals surface area contributed by atoms with Crippen molar-refractivity contribution >= 4 is 17.6 Å². The van der Waals surface area contributed by atoms with Crippen molar-refractivity contribution in [3.63, 3.8) is 0 Å². The third-order valence-electron chi connectivity index (χ3n) is 3.16. The summed E-state index contributed by atoms with van der Waals surface area (Å²) in [4.78, 5) is 27.0. The Labute approximate surface area is 122 Å². The van der Waals surface area contributed by atoms with Crippen molar-refractivity contribution in [2.24, 2.45) is 4.99 Å². The van der Waals surface area contributed by atoms with E-state index in [9.17, 15) is 14.7 Å². The molecule has 1 atom stereocenters. The molecule has 0 saturated heterocycles. The van der Waals surface area contributed by atoms with Gasteiger partial charge in [0.15, 0.2) is 0 Å². The second-order valence-electron chi connectivity index (χ2n) is 4.59. The van der Waals surface area contributed by atoms with Crippen LogP contribution in [0, 0.1) is 0 Å². The van der Waals surface area contributed by atoms with Crippen LogP contribution in [0.5, 0.6) is 0 Å². The fourth-order valence-electron chi connectivity index (χ4n) is 1.97. The number of nitrogens with zero attached hydrogens (tertiary/aromatic N) is 1. The Kier molecular flexibility index (Phi) is 4.61. The largest absolute Gasteiger partial charge is 0.543 e. The van der Waals surface area contributed by atoms with Crippen molar-refractivity contribution in [3.05, 3.63) is 71.8 Å². The number of rotatable bonds is 4. The van der Waals surface area contributed by atoms with Crippen LogP contribution < -0.4 is 5.11 Å². The first-order valence-electron chi connectivity index (χ1n) is 6.54. The molecule has 0 aromatic heterocycles. The SMILES string of the molecule is CC(C(=NC(=O)c1ccccc1)C(=O)[O-])c1ccccc1. The average molecular weight is 280 g/mol. The molecule has 2 aromatic rings. The lowest BCUT2D eigenvalue weighted by Crippen LogP contribution is -2.35. The Balaban J connectivity index is 2.33. The molecule has 4 nitrogen and oxygen atoms in total. The van der Waals surface area contributed by atoms with E-state index in [0.717, 1.165) is 5.56 Å². The molecule has 2 rings (SSSR count). The van der Waals surface area contributed by atoms with Crippen LogP contribution in [0.25, 0.3) is 0 Å². The quantitative estimate of drug-likeness (QED) is 0.802. The molecule has 106 valence electrons. The summed E-state index contributed by atoms with van der Waals surface area (Å²) in [5.74, 6) is -2.54. The highest BCUT2D eigenvalue weighted by atomic mass is 16.4. The maximum atomic E-state index is 12.0. The maximum absolute atomic E-state index is 12.0. The van der Waals surface area contributed by atoms with Gasteiger partial charge < -0.3 is 9.90 Å². The highest BCUT2D eigenvalue weighted by Crippen LogP contribution is 2.17. The van der Waals surface area contributed by atoms with Gasteiger partial charge in [-0.1, -0.05) is 55.5 Å². The molecule has 0 aliphatic heterocycles. The monoisotopic (exact) mass is 280 g/mol. The fourth-order valence-corrected chi connectivity index (χ4v) is 1.97. The number of carboxylic acid groups (broad SMARTS) is 1. The molecule has 0 heterocycles. The Morgan fingerprint density at radius 1 is 0.952 bits per heavy atom. The molecule has 2 aromatic carbocycles. The topological polar surface area (TPSA) is 69.6 Å². The number of benzene rings is 2. The fraction of sp³-hybridized carbons (Fsp3) is 0.118. The summed E-state index contributed by atoms with van der Waals surface area (Å²) in [6, 6.07) is 17.4. The minimum atomic E-state index is -1.43. The Morgan fingerprint density at radius 3 is 2.00 bits per heavy atom. The second kappa shape index (κ2) is 6.61. The van der Waals surface area contributed by atoms with Gasteiger partial charge in [0, 0.05) is 11.5 Å². The van der Waals surface area contributed by atoms with Crippen LogP contribution >= 0.6 is 0 Å². The number of hydrogen-bond acceptors (Lipinski definition) is 3. The van der Waals surface area contributed by atoms with E-state index in [1.807, 2.05) is 6.07 Å². The molecule has 0 spiro atoms. The maximum Gasteiger partial charge on any atom is 0.277 e. The Bertz CT molecular complexity index is 663.